The zero-order chi connectivity index (χ0) is 11.0. The van der Waals surface area contributed by atoms with E-state index in [1.54, 1.807) is 0 Å². The third-order valence-electron chi connectivity index (χ3n) is 3.66. The van der Waals surface area contributed by atoms with Gasteiger partial charge in [0, 0.05) is 0 Å². The average Bonchev–Trinajstić information content (AvgIpc) is 2.49. The molecule has 0 heterocycles. The van der Waals surface area contributed by atoms with Gasteiger partial charge < -0.3 is 5.11 Å². The Labute approximate surface area is 96.1 Å². The van der Waals surface area contributed by atoms with E-state index in [2.05, 4.69) is 30.4 Å². The van der Waals surface area contributed by atoms with Crippen molar-refractivity contribution in [2.24, 2.45) is 0 Å². The van der Waals surface area contributed by atoms with Gasteiger partial charge in [-0.2, -0.15) is 0 Å². The Kier molecular flexibility index (Phi) is 2.41. The summed E-state index contributed by atoms with van der Waals surface area (Å²) in [5, 5.41) is 10.4. The number of aliphatic hydroxyl groups is 1. The summed E-state index contributed by atoms with van der Waals surface area (Å²) in [5.41, 5.74) is 5.00. The fourth-order valence-corrected chi connectivity index (χ4v) is 2.77. The normalized spacial score (nSPS) is 23.7. The molecule has 0 amide bonds. The van der Waals surface area contributed by atoms with Gasteiger partial charge in [-0.1, -0.05) is 42.0 Å². The Morgan fingerprint density at radius 2 is 1.94 bits per heavy atom. The molecule has 0 radical (unpaired) electrons. The molecule has 0 saturated heterocycles. The predicted molar refractivity (Wildman–Crippen MR) is 65.1 cm³/mol. The van der Waals surface area contributed by atoms with Crippen LogP contribution in [0.5, 0.6) is 0 Å². The van der Waals surface area contributed by atoms with E-state index in [1.807, 2.05) is 6.07 Å². The van der Waals surface area contributed by atoms with E-state index in [-0.39, 0.29) is 0 Å². The van der Waals surface area contributed by atoms with Gasteiger partial charge in [0.25, 0.3) is 0 Å². The molecular weight excluding hydrogens is 196 g/mol. The molecule has 0 saturated carbocycles. The predicted octanol–water partition coefficient (Wildman–Crippen LogP) is 3.31. The molecular formula is C15H16O. The molecule has 2 aliphatic rings. The molecule has 16 heavy (non-hydrogen) atoms. The van der Waals surface area contributed by atoms with Crippen LogP contribution in [-0.2, 0) is 6.42 Å². The van der Waals surface area contributed by atoms with Gasteiger partial charge in [0.15, 0.2) is 0 Å². The van der Waals surface area contributed by atoms with E-state index in [9.17, 15) is 5.11 Å². The fraction of sp³-hybridized carbons (Fsp3) is 0.333. The van der Waals surface area contributed by atoms with Crippen molar-refractivity contribution < 1.29 is 5.11 Å². The largest absolute Gasteiger partial charge is 0.384 e. The number of fused-ring (bicyclic) bond motifs is 1. The molecule has 82 valence electrons. The van der Waals surface area contributed by atoms with Crippen molar-refractivity contribution in [1.82, 2.24) is 0 Å². The summed E-state index contributed by atoms with van der Waals surface area (Å²) >= 11 is 0. The van der Waals surface area contributed by atoms with Gasteiger partial charge in [-0.15, -0.1) is 0 Å². The van der Waals surface area contributed by atoms with Gasteiger partial charge in [0.2, 0.25) is 0 Å². The minimum Gasteiger partial charge on any atom is -0.384 e. The summed E-state index contributed by atoms with van der Waals surface area (Å²) in [5.74, 6) is 0. The van der Waals surface area contributed by atoms with Crippen LogP contribution >= 0.6 is 0 Å². The monoisotopic (exact) mass is 212 g/mol. The average molecular weight is 212 g/mol. The van der Waals surface area contributed by atoms with Crippen LogP contribution < -0.4 is 0 Å². The highest BCUT2D eigenvalue weighted by Crippen LogP contribution is 2.37. The molecule has 1 unspecified atom stereocenters. The van der Waals surface area contributed by atoms with E-state index >= 15 is 0 Å². The molecule has 1 N–H and O–H groups in total. The number of benzene rings is 1. The van der Waals surface area contributed by atoms with Crippen molar-refractivity contribution in [3.05, 3.63) is 58.7 Å². The molecule has 1 atom stereocenters. The first-order valence-corrected chi connectivity index (χ1v) is 6.00. The quantitative estimate of drug-likeness (QED) is 0.699. The lowest BCUT2D eigenvalue weighted by atomic mass is 9.91. The number of aryl methyl sites for hydroxylation is 1. The first kappa shape index (κ1) is 9.86. The van der Waals surface area contributed by atoms with E-state index in [1.165, 1.54) is 11.1 Å². The maximum absolute atomic E-state index is 10.4. The summed E-state index contributed by atoms with van der Waals surface area (Å²) in [6, 6.07) is 8.27. The standard InChI is InChI=1S/C15H16O/c16-15-13-7-3-1-5-11(13)9-10-12-6-2-4-8-14(12)15/h1,3-5,7-8,15-16H,2,6,9-10H2. The van der Waals surface area contributed by atoms with Crippen molar-refractivity contribution in [3.8, 4) is 0 Å². The van der Waals surface area contributed by atoms with E-state index in [0.717, 1.165) is 36.8 Å². The topological polar surface area (TPSA) is 20.2 Å². The SMILES string of the molecule is OC1C2=C(CCC=C2)CCc2ccccc21. The second kappa shape index (κ2) is 3.91. The van der Waals surface area contributed by atoms with Crippen molar-refractivity contribution in [2.45, 2.75) is 31.8 Å². The first-order chi connectivity index (χ1) is 7.86. The summed E-state index contributed by atoms with van der Waals surface area (Å²) in [4.78, 5) is 0. The van der Waals surface area contributed by atoms with Gasteiger partial charge in [-0.25, -0.2) is 0 Å². The van der Waals surface area contributed by atoms with Gasteiger partial charge in [-0.05, 0) is 42.4 Å². The molecule has 2 aliphatic carbocycles. The summed E-state index contributed by atoms with van der Waals surface area (Å²) in [6.07, 6.45) is 8.30. The van der Waals surface area contributed by atoms with Crippen LogP contribution in [0.2, 0.25) is 0 Å². The third kappa shape index (κ3) is 1.52. The number of aliphatic hydroxyl groups excluding tert-OH is 1. The molecule has 1 aromatic rings. The fourth-order valence-electron chi connectivity index (χ4n) is 2.77. The maximum Gasteiger partial charge on any atom is 0.104 e. The Hall–Kier alpha value is -1.34. The molecule has 0 fully saturated rings. The zero-order valence-electron chi connectivity index (χ0n) is 9.32. The highest BCUT2D eigenvalue weighted by molar-refractivity contribution is 5.44. The number of hydrogen-bond acceptors (Lipinski definition) is 1. The molecule has 0 aromatic heterocycles. The van der Waals surface area contributed by atoms with Crippen LogP contribution in [0.15, 0.2) is 47.6 Å². The Balaban J connectivity index is 2.09. The van der Waals surface area contributed by atoms with Crippen LogP contribution in [0.3, 0.4) is 0 Å². The maximum atomic E-state index is 10.4. The van der Waals surface area contributed by atoms with Crippen LogP contribution in [0.1, 0.15) is 36.5 Å². The van der Waals surface area contributed by atoms with Crippen molar-refractivity contribution in [1.29, 1.82) is 0 Å². The van der Waals surface area contributed by atoms with Crippen LogP contribution in [0.4, 0.5) is 0 Å². The molecule has 1 nitrogen and oxygen atoms in total. The van der Waals surface area contributed by atoms with E-state index in [0.29, 0.717) is 0 Å². The van der Waals surface area contributed by atoms with Gasteiger partial charge >= 0.3 is 0 Å². The number of rotatable bonds is 0. The molecule has 3 rings (SSSR count). The second-order valence-corrected chi connectivity index (χ2v) is 4.60. The van der Waals surface area contributed by atoms with Crippen molar-refractivity contribution in [3.63, 3.8) is 0 Å². The molecule has 0 aliphatic heterocycles. The van der Waals surface area contributed by atoms with Gasteiger partial charge in [-0.3, -0.25) is 0 Å². The summed E-state index contributed by atoms with van der Waals surface area (Å²) < 4.78 is 0. The Morgan fingerprint density at radius 1 is 1.06 bits per heavy atom. The molecule has 0 spiro atoms. The smallest absolute Gasteiger partial charge is 0.104 e. The lowest BCUT2D eigenvalue weighted by Crippen LogP contribution is -2.04. The molecule has 0 bridgehead atoms. The minimum absolute atomic E-state index is 0.412. The van der Waals surface area contributed by atoms with Crippen molar-refractivity contribution >= 4 is 0 Å². The van der Waals surface area contributed by atoms with Crippen LogP contribution in [0, 0.1) is 0 Å². The number of hydrogen-bond donors (Lipinski definition) is 1. The van der Waals surface area contributed by atoms with Gasteiger partial charge in [0.1, 0.15) is 6.10 Å². The van der Waals surface area contributed by atoms with Crippen LogP contribution in [0.25, 0.3) is 0 Å². The third-order valence-corrected chi connectivity index (χ3v) is 3.66. The lowest BCUT2D eigenvalue weighted by molar-refractivity contribution is 0.217. The van der Waals surface area contributed by atoms with Crippen molar-refractivity contribution in [2.75, 3.05) is 0 Å². The molecule has 1 aromatic carbocycles. The summed E-state index contributed by atoms with van der Waals surface area (Å²) in [6.45, 7) is 0. The summed E-state index contributed by atoms with van der Waals surface area (Å²) in [7, 11) is 0. The molecule has 1 heteroatoms. The lowest BCUT2D eigenvalue weighted by Gasteiger charge is -2.18. The Bertz CT molecular complexity index is 468. The van der Waals surface area contributed by atoms with E-state index < -0.39 is 6.10 Å². The van der Waals surface area contributed by atoms with E-state index in [4.69, 9.17) is 0 Å². The zero-order valence-corrected chi connectivity index (χ0v) is 9.32. The first-order valence-electron chi connectivity index (χ1n) is 6.00. The van der Waals surface area contributed by atoms with Crippen LogP contribution in [-0.4, -0.2) is 5.11 Å². The highest BCUT2D eigenvalue weighted by Gasteiger charge is 2.23. The second-order valence-electron chi connectivity index (χ2n) is 4.60. The Morgan fingerprint density at radius 3 is 2.88 bits per heavy atom. The highest BCUT2D eigenvalue weighted by atomic mass is 16.3. The number of allylic oxidation sites excluding steroid dienone is 2. The minimum atomic E-state index is -0.412. The van der Waals surface area contributed by atoms with Gasteiger partial charge in [0.05, 0.1) is 0 Å².